The Morgan fingerprint density at radius 1 is 1.32 bits per heavy atom. The number of hydrogen-bond acceptors (Lipinski definition) is 2. The van der Waals surface area contributed by atoms with E-state index in [1.807, 2.05) is 30.0 Å². The molecule has 0 aliphatic heterocycles. The summed E-state index contributed by atoms with van der Waals surface area (Å²) < 4.78 is 0.942. The van der Waals surface area contributed by atoms with Crippen molar-refractivity contribution in [3.05, 3.63) is 28.2 Å². The summed E-state index contributed by atoms with van der Waals surface area (Å²) in [5, 5.41) is 0. The Bertz CT molecular complexity index is 432. The Labute approximate surface area is 130 Å². The zero-order valence-electron chi connectivity index (χ0n) is 11.8. The van der Waals surface area contributed by atoms with Crippen LogP contribution in [0.3, 0.4) is 0 Å². The molecule has 0 atom stereocenters. The first-order valence-corrected chi connectivity index (χ1v) is 8.05. The number of nitrogens with zero attached hydrogens (tertiary/aromatic N) is 1. The van der Waals surface area contributed by atoms with Crippen molar-refractivity contribution in [1.82, 2.24) is 4.90 Å². The monoisotopic (exact) mass is 343 g/mol. The third-order valence-electron chi connectivity index (χ3n) is 3.49. The van der Waals surface area contributed by atoms with Crippen molar-refractivity contribution in [1.29, 1.82) is 0 Å². The van der Waals surface area contributed by atoms with Gasteiger partial charge in [0.1, 0.15) is 0 Å². The number of thiol groups is 1. The quantitative estimate of drug-likeness (QED) is 0.746. The molecule has 0 bridgehead atoms. The van der Waals surface area contributed by atoms with Crippen LogP contribution in [-0.2, 0) is 0 Å². The molecule has 2 nitrogen and oxygen atoms in total. The summed E-state index contributed by atoms with van der Waals surface area (Å²) >= 11 is 7.79. The maximum atomic E-state index is 12.5. The zero-order chi connectivity index (χ0) is 14.4. The van der Waals surface area contributed by atoms with Crippen molar-refractivity contribution in [3.8, 4) is 0 Å². The SMILES string of the molecule is CCC(CC)CN(CC)C(=O)c1ccc(Br)cc1S. The molecule has 19 heavy (non-hydrogen) atoms. The highest BCUT2D eigenvalue weighted by Crippen LogP contribution is 2.22. The number of hydrogen-bond donors (Lipinski definition) is 1. The summed E-state index contributed by atoms with van der Waals surface area (Å²) in [4.78, 5) is 15.2. The molecule has 1 rings (SSSR count). The van der Waals surface area contributed by atoms with Gasteiger partial charge in [0.15, 0.2) is 0 Å². The molecular weight excluding hydrogens is 322 g/mol. The number of carbonyl (C=O) groups excluding carboxylic acids is 1. The molecule has 106 valence electrons. The van der Waals surface area contributed by atoms with E-state index in [4.69, 9.17) is 0 Å². The van der Waals surface area contributed by atoms with Crippen LogP contribution in [0.15, 0.2) is 27.6 Å². The Morgan fingerprint density at radius 2 is 1.95 bits per heavy atom. The number of rotatable bonds is 6. The molecule has 1 amide bonds. The van der Waals surface area contributed by atoms with E-state index in [2.05, 4.69) is 42.4 Å². The van der Waals surface area contributed by atoms with Crippen molar-refractivity contribution in [2.75, 3.05) is 13.1 Å². The van der Waals surface area contributed by atoms with Crippen molar-refractivity contribution in [3.63, 3.8) is 0 Å². The second-order valence-electron chi connectivity index (χ2n) is 4.69. The van der Waals surface area contributed by atoms with E-state index in [1.54, 1.807) is 0 Å². The van der Waals surface area contributed by atoms with Crippen LogP contribution < -0.4 is 0 Å². The molecule has 0 aromatic heterocycles. The average Bonchev–Trinajstić information content (AvgIpc) is 2.39. The van der Waals surface area contributed by atoms with Crippen LogP contribution in [-0.4, -0.2) is 23.9 Å². The van der Waals surface area contributed by atoms with Gasteiger partial charge in [-0.15, -0.1) is 12.6 Å². The highest BCUT2D eigenvalue weighted by molar-refractivity contribution is 9.10. The first-order chi connectivity index (χ1) is 9.03. The smallest absolute Gasteiger partial charge is 0.254 e. The van der Waals surface area contributed by atoms with Crippen molar-refractivity contribution >= 4 is 34.5 Å². The van der Waals surface area contributed by atoms with Gasteiger partial charge in [0, 0.05) is 22.5 Å². The molecule has 4 heteroatoms. The molecule has 0 heterocycles. The van der Waals surface area contributed by atoms with Gasteiger partial charge in [0.05, 0.1) is 5.56 Å². The van der Waals surface area contributed by atoms with Crippen LogP contribution in [0.2, 0.25) is 0 Å². The molecule has 0 radical (unpaired) electrons. The van der Waals surface area contributed by atoms with Crippen molar-refractivity contribution in [2.24, 2.45) is 5.92 Å². The third-order valence-corrected chi connectivity index (χ3v) is 4.36. The highest BCUT2D eigenvalue weighted by atomic mass is 79.9. The zero-order valence-corrected chi connectivity index (χ0v) is 14.3. The van der Waals surface area contributed by atoms with Gasteiger partial charge in [-0.1, -0.05) is 42.6 Å². The largest absolute Gasteiger partial charge is 0.339 e. The van der Waals surface area contributed by atoms with E-state index in [9.17, 15) is 4.79 Å². The molecule has 0 aliphatic carbocycles. The number of benzene rings is 1. The van der Waals surface area contributed by atoms with E-state index >= 15 is 0 Å². The molecule has 0 saturated heterocycles. The average molecular weight is 344 g/mol. The summed E-state index contributed by atoms with van der Waals surface area (Å²) in [6.45, 7) is 7.94. The Balaban J connectivity index is 2.89. The lowest BCUT2D eigenvalue weighted by Crippen LogP contribution is -2.35. The topological polar surface area (TPSA) is 20.3 Å². The Hall–Kier alpha value is -0.480. The second kappa shape index (κ2) is 7.95. The minimum absolute atomic E-state index is 0.0758. The van der Waals surface area contributed by atoms with E-state index in [0.29, 0.717) is 11.5 Å². The van der Waals surface area contributed by atoms with E-state index < -0.39 is 0 Å². The predicted octanol–water partition coefficient (Wildman–Crippen LogP) is 4.64. The summed E-state index contributed by atoms with van der Waals surface area (Å²) in [6.07, 6.45) is 2.21. The lowest BCUT2D eigenvalue weighted by Gasteiger charge is -2.26. The first kappa shape index (κ1) is 16.6. The van der Waals surface area contributed by atoms with Gasteiger partial charge in [-0.05, 0) is 31.0 Å². The van der Waals surface area contributed by atoms with Crippen LogP contribution >= 0.6 is 28.6 Å². The van der Waals surface area contributed by atoms with Gasteiger partial charge in [0.25, 0.3) is 5.91 Å². The Morgan fingerprint density at radius 3 is 2.42 bits per heavy atom. The molecule has 0 N–H and O–H groups in total. The van der Waals surface area contributed by atoms with Crippen LogP contribution in [0.5, 0.6) is 0 Å². The lowest BCUT2D eigenvalue weighted by atomic mass is 10.0. The molecule has 0 aliphatic rings. The van der Waals surface area contributed by atoms with E-state index in [0.717, 1.165) is 35.3 Å². The van der Waals surface area contributed by atoms with Gasteiger partial charge < -0.3 is 4.90 Å². The van der Waals surface area contributed by atoms with Gasteiger partial charge >= 0.3 is 0 Å². The maximum Gasteiger partial charge on any atom is 0.254 e. The minimum Gasteiger partial charge on any atom is -0.339 e. The van der Waals surface area contributed by atoms with Crippen LogP contribution in [0.4, 0.5) is 0 Å². The number of halogens is 1. The standard InChI is InChI=1S/C15H22BrNOS/c1-4-11(5-2)10-17(6-3)15(18)13-8-7-12(16)9-14(13)19/h7-9,11,19H,4-6,10H2,1-3H3. The minimum atomic E-state index is 0.0758. The van der Waals surface area contributed by atoms with E-state index in [-0.39, 0.29) is 5.91 Å². The van der Waals surface area contributed by atoms with Gasteiger partial charge in [-0.2, -0.15) is 0 Å². The molecule has 0 fully saturated rings. The number of carbonyl (C=O) groups is 1. The fourth-order valence-electron chi connectivity index (χ4n) is 2.07. The predicted molar refractivity (Wildman–Crippen MR) is 87.0 cm³/mol. The van der Waals surface area contributed by atoms with Crippen molar-refractivity contribution < 1.29 is 4.79 Å². The summed E-state index contributed by atoms with van der Waals surface area (Å²) in [5.41, 5.74) is 0.680. The Kier molecular flexibility index (Phi) is 6.94. The van der Waals surface area contributed by atoms with E-state index in [1.165, 1.54) is 0 Å². The third kappa shape index (κ3) is 4.53. The normalized spacial score (nSPS) is 10.8. The molecule has 0 saturated carbocycles. The first-order valence-electron chi connectivity index (χ1n) is 6.81. The second-order valence-corrected chi connectivity index (χ2v) is 6.09. The van der Waals surface area contributed by atoms with Crippen LogP contribution in [0.25, 0.3) is 0 Å². The number of amides is 1. The van der Waals surface area contributed by atoms with Gasteiger partial charge in [-0.25, -0.2) is 0 Å². The van der Waals surface area contributed by atoms with Crippen LogP contribution in [0, 0.1) is 5.92 Å². The highest BCUT2D eigenvalue weighted by Gasteiger charge is 2.19. The summed E-state index contributed by atoms with van der Waals surface area (Å²) in [5.74, 6) is 0.648. The lowest BCUT2D eigenvalue weighted by molar-refractivity contribution is 0.0731. The van der Waals surface area contributed by atoms with Crippen LogP contribution in [0.1, 0.15) is 44.0 Å². The molecule has 0 spiro atoms. The summed E-state index contributed by atoms with van der Waals surface area (Å²) in [7, 11) is 0. The van der Waals surface area contributed by atoms with Gasteiger partial charge in [0.2, 0.25) is 0 Å². The fraction of sp³-hybridized carbons (Fsp3) is 0.533. The van der Waals surface area contributed by atoms with Crippen molar-refractivity contribution in [2.45, 2.75) is 38.5 Å². The maximum absolute atomic E-state index is 12.5. The fourth-order valence-corrected chi connectivity index (χ4v) is 2.92. The molecular formula is C15H22BrNOS. The molecule has 1 aromatic carbocycles. The molecule has 0 unspecified atom stereocenters. The van der Waals surface area contributed by atoms with Gasteiger partial charge in [-0.3, -0.25) is 4.79 Å². The summed E-state index contributed by atoms with van der Waals surface area (Å²) in [6, 6.07) is 5.59. The molecule has 1 aromatic rings.